The molecule has 5 nitrogen and oxygen atoms in total. The SMILES string of the molecule is CC1=NN(c2ccc(C)cc2)C(=O)C1CC(=O)O. The van der Waals surface area contributed by atoms with E-state index in [1.807, 2.05) is 19.1 Å². The highest BCUT2D eigenvalue weighted by molar-refractivity contribution is 6.15. The maximum Gasteiger partial charge on any atom is 0.304 e. The molecule has 18 heavy (non-hydrogen) atoms. The number of carbonyl (C=O) groups excluding carboxylic acids is 1. The number of carbonyl (C=O) groups is 2. The van der Waals surface area contributed by atoms with Gasteiger partial charge in [0.2, 0.25) is 0 Å². The van der Waals surface area contributed by atoms with Crippen molar-refractivity contribution in [1.82, 2.24) is 0 Å². The van der Waals surface area contributed by atoms with Gasteiger partial charge < -0.3 is 5.11 Å². The molecule has 1 heterocycles. The van der Waals surface area contributed by atoms with Gasteiger partial charge in [0.1, 0.15) is 0 Å². The molecule has 1 N–H and O–H groups in total. The van der Waals surface area contributed by atoms with Gasteiger partial charge in [-0.3, -0.25) is 9.59 Å². The van der Waals surface area contributed by atoms with Gasteiger partial charge in [-0.05, 0) is 26.0 Å². The van der Waals surface area contributed by atoms with E-state index in [1.54, 1.807) is 19.1 Å². The topological polar surface area (TPSA) is 70.0 Å². The Morgan fingerprint density at radius 1 is 1.33 bits per heavy atom. The summed E-state index contributed by atoms with van der Waals surface area (Å²) in [5.41, 5.74) is 2.30. The van der Waals surface area contributed by atoms with Gasteiger partial charge in [0.15, 0.2) is 0 Å². The lowest BCUT2D eigenvalue weighted by Crippen LogP contribution is -2.28. The van der Waals surface area contributed by atoms with E-state index in [2.05, 4.69) is 5.10 Å². The van der Waals surface area contributed by atoms with Crippen LogP contribution in [0.3, 0.4) is 0 Å². The largest absolute Gasteiger partial charge is 0.481 e. The summed E-state index contributed by atoms with van der Waals surface area (Å²) < 4.78 is 0. The monoisotopic (exact) mass is 246 g/mol. The van der Waals surface area contributed by atoms with Crippen LogP contribution < -0.4 is 5.01 Å². The lowest BCUT2D eigenvalue weighted by molar-refractivity contribution is -0.139. The fourth-order valence-electron chi connectivity index (χ4n) is 1.88. The van der Waals surface area contributed by atoms with E-state index in [1.165, 1.54) is 5.01 Å². The van der Waals surface area contributed by atoms with Gasteiger partial charge in [0.25, 0.3) is 5.91 Å². The third kappa shape index (κ3) is 2.25. The average Bonchev–Trinajstić information content (AvgIpc) is 2.58. The van der Waals surface area contributed by atoms with Crippen LogP contribution in [-0.2, 0) is 9.59 Å². The molecule has 1 aromatic carbocycles. The zero-order chi connectivity index (χ0) is 13.3. The molecule has 0 radical (unpaired) electrons. The van der Waals surface area contributed by atoms with Crippen molar-refractivity contribution in [2.24, 2.45) is 11.0 Å². The molecule has 0 aliphatic carbocycles. The fourth-order valence-corrected chi connectivity index (χ4v) is 1.88. The number of hydrogen-bond donors (Lipinski definition) is 1. The highest BCUT2D eigenvalue weighted by atomic mass is 16.4. The molecular formula is C13H14N2O3. The molecule has 1 aliphatic rings. The summed E-state index contributed by atoms with van der Waals surface area (Å²) in [4.78, 5) is 22.8. The normalized spacial score (nSPS) is 19.0. The molecule has 0 fully saturated rings. The van der Waals surface area contributed by atoms with E-state index >= 15 is 0 Å². The molecule has 0 saturated heterocycles. The van der Waals surface area contributed by atoms with Crippen molar-refractivity contribution >= 4 is 23.3 Å². The van der Waals surface area contributed by atoms with Crippen LogP contribution in [0.25, 0.3) is 0 Å². The van der Waals surface area contributed by atoms with Crippen LogP contribution in [0.5, 0.6) is 0 Å². The van der Waals surface area contributed by atoms with E-state index in [0.717, 1.165) is 5.56 Å². The summed E-state index contributed by atoms with van der Waals surface area (Å²) in [5, 5.41) is 14.2. The van der Waals surface area contributed by atoms with Crippen molar-refractivity contribution in [3.63, 3.8) is 0 Å². The van der Waals surface area contributed by atoms with E-state index in [9.17, 15) is 9.59 Å². The number of hydrogen-bond acceptors (Lipinski definition) is 3. The molecule has 0 aromatic heterocycles. The van der Waals surface area contributed by atoms with Crippen LogP contribution >= 0.6 is 0 Å². The zero-order valence-corrected chi connectivity index (χ0v) is 10.3. The van der Waals surface area contributed by atoms with Crippen molar-refractivity contribution in [3.8, 4) is 0 Å². The van der Waals surface area contributed by atoms with Crippen LogP contribution in [0.4, 0.5) is 5.69 Å². The Bertz CT molecular complexity index is 520. The Kier molecular flexibility index (Phi) is 3.14. The molecule has 0 bridgehead atoms. The zero-order valence-electron chi connectivity index (χ0n) is 10.3. The first-order valence-corrected chi connectivity index (χ1v) is 5.66. The van der Waals surface area contributed by atoms with Crippen molar-refractivity contribution < 1.29 is 14.7 Å². The number of carboxylic acid groups (broad SMARTS) is 1. The lowest BCUT2D eigenvalue weighted by Gasteiger charge is -2.13. The molecular weight excluding hydrogens is 232 g/mol. The van der Waals surface area contributed by atoms with E-state index in [4.69, 9.17) is 5.11 Å². The highest BCUT2D eigenvalue weighted by Gasteiger charge is 2.35. The van der Waals surface area contributed by atoms with E-state index in [0.29, 0.717) is 11.4 Å². The first-order chi connectivity index (χ1) is 8.49. The Morgan fingerprint density at radius 3 is 2.50 bits per heavy atom. The van der Waals surface area contributed by atoms with Crippen molar-refractivity contribution in [2.75, 3.05) is 5.01 Å². The van der Waals surface area contributed by atoms with Crippen molar-refractivity contribution in [3.05, 3.63) is 29.8 Å². The number of nitrogens with zero attached hydrogens (tertiary/aromatic N) is 2. The predicted molar refractivity (Wildman–Crippen MR) is 67.5 cm³/mol. The second kappa shape index (κ2) is 4.60. The van der Waals surface area contributed by atoms with Crippen LogP contribution in [0, 0.1) is 12.8 Å². The highest BCUT2D eigenvalue weighted by Crippen LogP contribution is 2.25. The van der Waals surface area contributed by atoms with Gasteiger partial charge in [-0.25, -0.2) is 5.01 Å². The number of hydrazone groups is 1. The lowest BCUT2D eigenvalue weighted by atomic mass is 10.0. The minimum atomic E-state index is -0.992. The van der Waals surface area contributed by atoms with Gasteiger partial charge >= 0.3 is 5.97 Å². The number of aryl methyl sites for hydroxylation is 1. The second-order valence-electron chi connectivity index (χ2n) is 4.38. The molecule has 0 saturated carbocycles. The van der Waals surface area contributed by atoms with Gasteiger partial charge in [0, 0.05) is 5.71 Å². The summed E-state index contributed by atoms with van der Waals surface area (Å²) in [6, 6.07) is 7.37. The standard InChI is InChI=1S/C13H14N2O3/c1-8-3-5-10(6-4-8)15-13(18)11(7-12(16)17)9(2)14-15/h3-6,11H,7H2,1-2H3,(H,16,17). The molecule has 2 rings (SSSR count). The summed E-state index contributed by atoms with van der Waals surface area (Å²) in [6.07, 6.45) is -0.212. The summed E-state index contributed by atoms with van der Waals surface area (Å²) in [7, 11) is 0. The maximum absolute atomic E-state index is 12.1. The number of carboxylic acids is 1. The molecule has 5 heteroatoms. The molecule has 1 unspecified atom stereocenters. The summed E-state index contributed by atoms with van der Waals surface area (Å²) in [5.74, 6) is -1.92. The van der Waals surface area contributed by atoms with Gasteiger partial charge in [-0.1, -0.05) is 17.7 Å². The van der Waals surface area contributed by atoms with Crippen LogP contribution in [0.15, 0.2) is 29.4 Å². The molecule has 1 amide bonds. The van der Waals surface area contributed by atoms with Crippen LogP contribution in [0.1, 0.15) is 18.9 Å². The summed E-state index contributed by atoms with van der Waals surface area (Å²) >= 11 is 0. The van der Waals surface area contributed by atoms with Crippen molar-refractivity contribution in [1.29, 1.82) is 0 Å². The number of amides is 1. The average molecular weight is 246 g/mol. The number of rotatable bonds is 3. The Balaban J connectivity index is 2.25. The Labute approximate surface area is 105 Å². The van der Waals surface area contributed by atoms with E-state index in [-0.39, 0.29) is 12.3 Å². The first kappa shape index (κ1) is 12.3. The smallest absolute Gasteiger partial charge is 0.304 e. The molecule has 94 valence electrons. The Morgan fingerprint density at radius 2 is 1.94 bits per heavy atom. The van der Waals surface area contributed by atoms with Crippen LogP contribution in [-0.4, -0.2) is 22.7 Å². The quantitative estimate of drug-likeness (QED) is 0.884. The molecule has 1 aromatic rings. The third-order valence-electron chi connectivity index (χ3n) is 2.93. The Hall–Kier alpha value is -2.17. The van der Waals surface area contributed by atoms with Crippen molar-refractivity contribution in [2.45, 2.75) is 20.3 Å². The first-order valence-electron chi connectivity index (χ1n) is 5.66. The van der Waals surface area contributed by atoms with E-state index < -0.39 is 11.9 Å². The molecule has 0 spiro atoms. The fraction of sp³-hybridized carbons (Fsp3) is 0.308. The predicted octanol–water partition coefficient (Wildman–Crippen LogP) is 1.81. The number of aliphatic carboxylic acids is 1. The number of anilines is 1. The molecule has 1 aliphatic heterocycles. The minimum Gasteiger partial charge on any atom is -0.481 e. The number of benzene rings is 1. The third-order valence-corrected chi connectivity index (χ3v) is 2.93. The maximum atomic E-state index is 12.1. The van der Waals surface area contributed by atoms with Gasteiger partial charge in [0.05, 0.1) is 18.0 Å². The molecule has 1 atom stereocenters. The van der Waals surface area contributed by atoms with Gasteiger partial charge in [-0.2, -0.15) is 5.10 Å². The van der Waals surface area contributed by atoms with Crippen LogP contribution in [0.2, 0.25) is 0 Å². The van der Waals surface area contributed by atoms with Gasteiger partial charge in [-0.15, -0.1) is 0 Å². The second-order valence-corrected chi connectivity index (χ2v) is 4.38. The summed E-state index contributed by atoms with van der Waals surface area (Å²) in [6.45, 7) is 3.64. The minimum absolute atomic E-state index is 0.212.